The number of fused-ring (bicyclic) bond motifs is 1. The van der Waals surface area contributed by atoms with Gasteiger partial charge in [0.05, 0.1) is 18.0 Å². The number of nitrogens with zero attached hydrogens (tertiary/aromatic N) is 2. The Morgan fingerprint density at radius 1 is 1.00 bits per heavy atom. The minimum Gasteiger partial charge on any atom is -0.487 e. The molecule has 0 amide bonds. The Hall–Kier alpha value is -3.64. The first-order chi connectivity index (χ1) is 18.0. The fourth-order valence-electron chi connectivity index (χ4n) is 4.74. The van der Waals surface area contributed by atoms with Crippen molar-refractivity contribution >= 4 is 16.9 Å². The number of rotatable bonds is 11. The Labute approximate surface area is 219 Å². The topological polar surface area (TPSA) is 79.4 Å². The lowest BCUT2D eigenvalue weighted by atomic mass is 9.93. The SMILES string of the molecule is CCCC(C(=O)OCC)c1ccccc1OCc1nn(C(C)C)c2ccc(-c3cccc(CN)c3)cc12. The van der Waals surface area contributed by atoms with E-state index >= 15 is 0 Å². The third-order valence-electron chi connectivity index (χ3n) is 6.58. The molecule has 1 heterocycles. The van der Waals surface area contributed by atoms with Crippen LogP contribution >= 0.6 is 0 Å². The lowest BCUT2D eigenvalue weighted by Gasteiger charge is -2.18. The fourth-order valence-corrected chi connectivity index (χ4v) is 4.74. The Kier molecular flexibility index (Phi) is 8.62. The van der Waals surface area contributed by atoms with E-state index in [1.54, 1.807) is 0 Å². The maximum atomic E-state index is 12.7. The molecule has 6 heteroatoms. The zero-order valence-corrected chi connectivity index (χ0v) is 22.2. The minimum absolute atomic E-state index is 0.202. The van der Waals surface area contributed by atoms with Crippen molar-refractivity contribution in [1.29, 1.82) is 0 Å². The van der Waals surface area contributed by atoms with E-state index in [-0.39, 0.29) is 17.9 Å². The van der Waals surface area contributed by atoms with Crippen LogP contribution in [0.1, 0.15) is 69.3 Å². The Balaban J connectivity index is 1.69. The third kappa shape index (κ3) is 5.86. The molecule has 0 saturated heterocycles. The van der Waals surface area contributed by atoms with Gasteiger partial charge in [-0.1, -0.05) is 55.8 Å². The van der Waals surface area contributed by atoms with E-state index in [0.29, 0.717) is 31.9 Å². The van der Waals surface area contributed by atoms with Crippen molar-refractivity contribution in [2.45, 2.75) is 65.6 Å². The number of carbonyl (C=O) groups excluding carboxylic acids is 1. The molecule has 0 fully saturated rings. The first-order valence-corrected chi connectivity index (χ1v) is 13.2. The first-order valence-electron chi connectivity index (χ1n) is 13.2. The van der Waals surface area contributed by atoms with Gasteiger partial charge in [0.15, 0.2) is 0 Å². The highest BCUT2D eigenvalue weighted by Crippen LogP contribution is 2.33. The van der Waals surface area contributed by atoms with Gasteiger partial charge in [0.2, 0.25) is 0 Å². The summed E-state index contributed by atoms with van der Waals surface area (Å²) in [6.07, 6.45) is 1.57. The minimum atomic E-state index is -0.354. The van der Waals surface area contributed by atoms with E-state index in [9.17, 15) is 4.79 Å². The summed E-state index contributed by atoms with van der Waals surface area (Å²) in [6, 6.07) is 22.7. The van der Waals surface area contributed by atoms with Crippen molar-refractivity contribution in [1.82, 2.24) is 9.78 Å². The maximum absolute atomic E-state index is 12.7. The summed E-state index contributed by atoms with van der Waals surface area (Å²) in [4.78, 5) is 12.7. The Morgan fingerprint density at radius 3 is 2.51 bits per heavy atom. The van der Waals surface area contributed by atoms with E-state index < -0.39 is 0 Å². The average Bonchev–Trinajstić information content (AvgIpc) is 3.29. The van der Waals surface area contributed by atoms with E-state index in [4.69, 9.17) is 20.3 Å². The standard InChI is InChI=1S/C31H37N3O3/c1-5-10-26(31(35)36-6-2)25-13-7-8-14-30(25)37-20-28-27-18-24(23-12-9-11-22(17-23)19-32)15-16-29(27)34(33-28)21(3)4/h7-9,11-18,21,26H,5-6,10,19-20,32H2,1-4H3. The Bertz CT molecular complexity index is 1360. The van der Waals surface area contributed by atoms with Gasteiger partial charge in [0, 0.05) is 23.5 Å². The molecule has 0 radical (unpaired) electrons. The van der Waals surface area contributed by atoms with Gasteiger partial charge in [0.25, 0.3) is 0 Å². The summed E-state index contributed by atoms with van der Waals surface area (Å²) < 4.78 is 13.8. The molecule has 4 aromatic rings. The molecule has 6 nitrogen and oxygen atoms in total. The summed E-state index contributed by atoms with van der Waals surface area (Å²) in [5.74, 6) is 0.125. The van der Waals surface area contributed by atoms with Crippen LogP contribution in [0, 0.1) is 0 Å². The summed E-state index contributed by atoms with van der Waals surface area (Å²) in [5, 5.41) is 5.98. The Morgan fingerprint density at radius 2 is 1.78 bits per heavy atom. The molecule has 1 unspecified atom stereocenters. The highest BCUT2D eigenvalue weighted by Gasteiger charge is 2.25. The lowest BCUT2D eigenvalue weighted by molar-refractivity contribution is -0.145. The number of ether oxygens (including phenoxy) is 2. The van der Waals surface area contributed by atoms with E-state index in [0.717, 1.165) is 45.3 Å². The highest BCUT2D eigenvalue weighted by molar-refractivity contribution is 5.87. The van der Waals surface area contributed by atoms with Gasteiger partial charge in [-0.15, -0.1) is 0 Å². The van der Waals surface area contributed by atoms with E-state index in [2.05, 4.69) is 51.1 Å². The summed E-state index contributed by atoms with van der Waals surface area (Å²) in [6.45, 7) is 9.31. The highest BCUT2D eigenvalue weighted by atomic mass is 16.5. The van der Waals surface area contributed by atoms with Crippen LogP contribution in [-0.2, 0) is 22.7 Å². The van der Waals surface area contributed by atoms with Crippen LogP contribution in [0.3, 0.4) is 0 Å². The van der Waals surface area contributed by atoms with Gasteiger partial charge in [-0.25, -0.2) is 0 Å². The zero-order valence-electron chi connectivity index (χ0n) is 22.2. The predicted molar refractivity (Wildman–Crippen MR) is 149 cm³/mol. The molecule has 2 N–H and O–H groups in total. The number of aromatic nitrogens is 2. The molecule has 0 aliphatic rings. The van der Waals surface area contributed by atoms with Crippen LogP contribution in [0.15, 0.2) is 66.7 Å². The lowest BCUT2D eigenvalue weighted by Crippen LogP contribution is -2.17. The first kappa shape index (κ1) is 26.4. The second-order valence-electron chi connectivity index (χ2n) is 9.54. The van der Waals surface area contributed by atoms with E-state index in [1.807, 2.05) is 48.0 Å². The van der Waals surface area contributed by atoms with Crippen molar-refractivity contribution < 1.29 is 14.3 Å². The van der Waals surface area contributed by atoms with Gasteiger partial charge in [-0.05, 0) is 68.1 Å². The number of nitrogens with two attached hydrogens (primary N) is 1. The van der Waals surface area contributed by atoms with Gasteiger partial charge in [0.1, 0.15) is 18.1 Å². The average molecular weight is 500 g/mol. The van der Waals surface area contributed by atoms with Crippen molar-refractivity contribution in [3.63, 3.8) is 0 Å². The van der Waals surface area contributed by atoms with Crippen molar-refractivity contribution in [3.05, 3.63) is 83.6 Å². The molecule has 0 aliphatic heterocycles. The molecule has 1 aromatic heterocycles. The molecule has 194 valence electrons. The quantitative estimate of drug-likeness (QED) is 0.230. The van der Waals surface area contributed by atoms with Crippen LogP contribution in [0.5, 0.6) is 5.75 Å². The number of hydrogen-bond donors (Lipinski definition) is 1. The molecule has 0 saturated carbocycles. The molecular formula is C31H37N3O3. The van der Waals surface area contributed by atoms with Crippen molar-refractivity contribution in [3.8, 4) is 16.9 Å². The molecular weight excluding hydrogens is 462 g/mol. The third-order valence-corrected chi connectivity index (χ3v) is 6.58. The molecule has 4 rings (SSSR count). The number of esters is 1. The van der Waals surface area contributed by atoms with Gasteiger partial charge in [-0.3, -0.25) is 9.48 Å². The number of hydrogen-bond acceptors (Lipinski definition) is 5. The largest absolute Gasteiger partial charge is 0.487 e. The van der Waals surface area contributed by atoms with Crippen molar-refractivity contribution in [2.75, 3.05) is 6.61 Å². The van der Waals surface area contributed by atoms with E-state index in [1.165, 1.54) is 0 Å². The molecule has 3 aromatic carbocycles. The number of carbonyl (C=O) groups is 1. The summed E-state index contributed by atoms with van der Waals surface area (Å²) in [5.41, 5.74) is 12.0. The number of para-hydroxylation sites is 1. The van der Waals surface area contributed by atoms with Crippen LogP contribution in [0.2, 0.25) is 0 Å². The van der Waals surface area contributed by atoms with Gasteiger partial charge >= 0.3 is 5.97 Å². The van der Waals surface area contributed by atoms with Crippen LogP contribution in [-0.4, -0.2) is 22.4 Å². The molecule has 0 spiro atoms. The fraction of sp³-hybridized carbons (Fsp3) is 0.355. The predicted octanol–water partition coefficient (Wildman–Crippen LogP) is 6.77. The molecule has 0 bridgehead atoms. The van der Waals surface area contributed by atoms with Crippen LogP contribution in [0.25, 0.3) is 22.0 Å². The zero-order chi connectivity index (χ0) is 26.4. The molecule has 1 atom stereocenters. The van der Waals surface area contributed by atoms with Gasteiger partial charge < -0.3 is 15.2 Å². The second-order valence-corrected chi connectivity index (χ2v) is 9.54. The number of benzene rings is 3. The monoisotopic (exact) mass is 499 g/mol. The molecule has 37 heavy (non-hydrogen) atoms. The normalized spacial score (nSPS) is 12.2. The summed E-state index contributed by atoms with van der Waals surface area (Å²) >= 11 is 0. The molecule has 0 aliphatic carbocycles. The van der Waals surface area contributed by atoms with Crippen LogP contribution in [0.4, 0.5) is 0 Å². The van der Waals surface area contributed by atoms with Gasteiger partial charge in [-0.2, -0.15) is 5.10 Å². The van der Waals surface area contributed by atoms with Crippen molar-refractivity contribution in [2.24, 2.45) is 5.73 Å². The maximum Gasteiger partial charge on any atom is 0.313 e. The summed E-state index contributed by atoms with van der Waals surface area (Å²) in [7, 11) is 0. The van der Waals surface area contributed by atoms with Crippen LogP contribution < -0.4 is 10.5 Å². The second kappa shape index (κ2) is 12.1. The smallest absolute Gasteiger partial charge is 0.313 e.